The molecule has 0 bridgehead atoms. The van der Waals surface area contributed by atoms with Crippen LogP contribution in [-0.4, -0.2) is 32.6 Å². The number of furan rings is 1. The van der Waals surface area contributed by atoms with E-state index in [0.29, 0.717) is 23.4 Å². The lowest BCUT2D eigenvalue weighted by Crippen LogP contribution is -2.31. The standard InChI is InChI=1S/C23H25N5O4/c1-4-5-10-18-15(2)24-22-25-23(26-28(22)20(18)29)27(21(30)19-11-7-12-32-19)14-16-8-6-9-17(13-16)31-3/h6-9,11-13H,4-5,10,14H2,1-3H3,(H,24,25,26). The highest BCUT2D eigenvalue weighted by molar-refractivity contribution is 6.03. The maximum atomic E-state index is 13.2. The number of aromatic nitrogens is 4. The molecule has 0 unspecified atom stereocenters. The van der Waals surface area contributed by atoms with Crippen LogP contribution in [0.1, 0.15) is 47.1 Å². The lowest BCUT2D eigenvalue weighted by Gasteiger charge is -2.18. The summed E-state index contributed by atoms with van der Waals surface area (Å²) in [5, 5.41) is 2.96. The van der Waals surface area contributed by atoms with Crippen LogP contribution < -0.4 is 15.2 Å². The summed E-state index contributed by atoms with van der Waals surface area (Å²) >= 11 is 0. The van der Waals surface area contributed by atoms with E-state index in [0.717, 1.165) is 18.4 Å². The number of anilines is 1. The molecule has 0 aliphatic carbocycles. The number of unbranched alkanes of at least 4 members (excludes halogenated alkanes) is 1. The van der Waals surface area contributed by atoms with Crippen LogP contribution in [0.15, 0.2) is 51.9 Å². The number of aromatic amines is 1. The summed E-state index contributed by atoms with van der Waals surface area (Å²) < 4.78 is 11.9. The number of amides is 1. The Labute approximate surface area is 184 Å². The fourth-order valence-corrected chi connectivity index (χ4v) is 3.54. The summed E-state index contributed by atoms with van der Waals surface area (Å²) in [4.78, 5) is 36.6. The molecule has 4 aromatic rings. The molecule has 166 valence electrons. The van der Waals surface area contributed by atoms with Crippen molar-refractivity contribution in [3.05, 3.63) is 75.6 Å². The van der Waals surface area contributed by atoms with Gasteiger partial charge in [-0.1, -0.05) is 25.5 Å². The van der Waals surface area contributed by atoms with E-state index in [2.05, 4.69) is 22.0 Å². The van der Waals surface area contributed by atoms with E-state index >= 15 is 0 Å². The molecule has 32 heavy (non-hydrogen) atoms. The maximum absolute atomic E-state index is 13.2. The van der Waals surface area contributed by atoms with Crippen molar-refractivity contribution in [3.8, 4) is 5.75 Å². The molecule has 0 saturated carbocycles. The van der Waals surface area contributed by atoms with E-state index in [4.69, 9.17) is 9.15 Å². The molecule has 3 heterocycles. The third-order valence-corrected chi connectivity index (χ3v) is 5.27. The van der Waals surface area contributed by atoms with E-state index in [1.54, 1.807) is 19.2 Å². The Kier molecular flexibility index (Phi) is 6.07. The first-order valence-corrected chi connectivity index (χ1v) is 10.5. The highest BCUT2D eigenvalue weighted by atomic mass is 16.5. The van der Waals surface area contributed by atoms with E-state index < -0.39 is 5.91 Å². The Bertz CT molecular complexity index is 1290. The predicted octanol–water partition coefficient (Wildman–Crippen LogP) is 3.52. The summed E-state index contributed by atoms with van der Waals surface area (Å²) in [6.07, 6.45) is 3.95. The first-order valence-electron chi connectivity index (χ1n) is 10.5. The van der Waals surface area contributed by atoms with Crippen LogP contribution in [0.5, 0.6) is 5.75 Å². The molecule has 0 fully saturated rings. The van der Waals surface area contributed by atoms with Gasteiger partial charge in [-0.25, -0.2) is 4.98 Å². The minimum atomic E-state index is -0.396. The number of H-pyrrole nitrogens is 1. The van der Waals surface area contributed by atoms with Gasteiger partial charge in [-0.05, 0) is 49.6 Å². The molecule has 0 spiro atoms. The molecule has 0 aliphatic rings. The van der Waals surface area contributed by atoms with Crippen molar-refractivity contribution >= 4 is 17.6 Å². The quantitative estimate of drug-likeness (QED) is 0.454. The molecular weight excluding hydrogens is 410 g/mol. The highest BCUT2D eigenvalue weighted by Gasteiger charge is 2.25. The average molecular weight is 435 g/mol. The van der Waals surface area contributed by atoms with Gasteiger partial charge in [-0.3, -0.25) is 19.6 Å². The van der Waals surface area contributed by atoms with Crippen LogP contribution in [0.3, 0.4) is 0 Å². The number of hydrogen-bond acceptors (Lipinski definition) is 6. The minimum absolute atomic E-state index is 0.161. The highest BCUT2D eigenvalue weighted by Crippen LogP contribution is 2.20. The maximum Gasteiger partial charge on any atom is 0.296 e. The molecule has 1 aromatic carbocycles. The van der Waals surface area contributed by atoms with Gasteiger partial charge >= 0.3 is 0 Å². The lowest BCUT2D eigenvalue weighted by molar-refractivity contribution is 0.0956. The second-order valence-corrected chi connectivity index (χ2v) is 7.49. The van der Waals surface area contributed by atoms with Gasteiger partial charge in [-0.2, -0.15) is 9.50 Å². The topological polar surface area (TPSA) is 106 Å². The number of nitrogens with one attached hydrogen (secondary N) is 1. The van der Waals surface area contributed by atoms with Crippen molar-refractivity contribution in [1.29, 1.82) is 0 Å². The number of methoxy groups -OCH3 is 1. The van der Waals surface area contributed by atoms with Gasteiger partial charge in [0.1, 0.15) is 5.75 Å². The first kappa shape index (κ1) is 21.4. The number of hydrogen-bond donors (Lipinski definition) is 1. The van der Waals surface area contributed by atoms with Crippen molar-refractivity contribution in [2.24, 2.45) is 0 Å². The minimum Gasteiger partial charge on any atom is -0.497 e. The van der Waals surface area contributed by atoms with Gasteiger partial charge in [-0.15, -0.1) is 0 Å². The number of ether oxygens (including phenoxy) is 1. The zero-order valence-corrected chi connectivity index (χ0v) is 18.3. The summed E-state index contributed by atoms with van der Waals surface area (Å²) in [6, 6.07) is 10.6. The molecule has 9 heteroatoms. The smallest absolute Gasteiger partial charge is 0.296 e. The normalized spacial score (nSPS) is 11.1. The van der Waals surface area contributed by atoms with E-state index in [-0.39, 0.29) is 29.6 Å². The van der Waals surface area contributed by atoms with Crippen molar-refractivity contribution < 1.29 is 13.9 Å². The van der Waals surface area contributed by atoms with Crippen molar-refractivity contribution in [1.82, 2.24) is 19.6 Å². The number of rotatable bonds is 8. The van der Waals surface area contributed by atoms with Crippen LogP contribution in [0.4, 0.5) is 5.95 Å². The predicted molar refractivity (Wildman–Crippen MR) is 119 cm³/mol. The van der Waals surface area contributed by atoms with Crippen molar-refractivity contribution in [3.63, 3.8) is 0 Å². The van der Waals surface area contributed by atoms with Gasteiger partial charge in [0.25, 0.3) is 17.2 Å². The summed E-state index contributed by atoms with van der Waals surface area (Å²) in [7, 11) is 1.58. The zero-order chi connectivity index (χ0) is 22.7. The molecule has 0 radical (unpaired) electrons. The number of fused-ring (bicyclic) bond motifs is 1. The fourth-order valence-electron chi connectivity index (χ4n) is 3.54. The zero-order valence-electron chi connectivity index (χ0n) is 18.3. The van der Waals surface area contributed by atoms with Gasteiger partial charge in [0, 0.05) is 5.56 Å². The molecule has 0 aliphatic heterocycles. The number of benzene rings is 1. The second-order valence-electron chi connectivity index (χ2n) is 7.49. The molecular formula is C23H25N5O4. The van der Waals surface area contributed by atoms with Gasteiger partial charge < -0.3 is 9.15 Å². The Hall–Kier alpha value is -3.88. The van der Waals surface area contributed by atoms with Gasteiger partial charge in [0.15, 0.2) is 5.76 Å². The fraction of sp³-hybridized carbons (Fsp3) is 0.304. The summed E-state index contributed by atoms with van der Waals surface area (Å²) in [5.74, 6) is 0.851. The summed E-state index contributed by atoms with van der Waals surface area (Å²) in [6.45, 7) is 4.07. The Morgan fingerprint density at radius 3 is 2.81 bits per heavy atom. The second kappa shape index (κ2) is 9.09. The van der Waals surface area contributed by atoms with Gasteiger partial charge in [0.2, 0.25) is 5.95 Å². The third kappa shape index (κ3) is 4.14. The van der Waals surface area contributed by atoms with Crippen molar-refractivity contribution in [2.75, 3.05) is 12.0 Å². The van der Waals surface area contributed by atoms with E-state index in [1.807, 2.05) is 31.2 Å². The van der Waals surface area contributed by atoms with Crippen molar-refractivity contribution in [2.45, 2.75) is 39.7 Å². The first-order chi connectivity index (χ1) is 15.5. The SMILES string of the molecule is CCCCc1c(C)nc2nc(N(Cc3cccc(OC)c3)C(=O)c3ccco3)[nH]n2c1=O. The van der Waals surface area contributed by atoms with Crippen LogP contribution in [0, 0.1) is 6.92 Å². The molecule has 9 nitrogen and oxygen atoms in total. The average Bonchev–Trinajstić information content (AvgIpc) is 3.47. The number of carbonyl (C=O) groups excluding carboxylic acids is 1. The third-order valence-electron chi connectivity index (χ3n) is 5.27. The van der Waals surface area contributed by atoms with Gasteiger partial charge in [0.05, 0.1) is 25.6 Å². The molecule has 0 atom stereocenters. The number of nitrogens with zero attached hydrogens (tertiary/aromatic N) is 4. The Morgan fingerprint density at radius 1 is 1.25 bits per heavy atom. The molecule has 3 aromatic heterocycles. The number of aryl methyl sites for hydroxylation is 1. The Morgan fingerprint density at radius 2 is 2.09 bits per heavy atom. The van der Waals surface area contributed by atoms with E-state index in [1.165, 1.54) is 15.7 Å². The molecule has 0 saturated heterocycles. The molecule has 1 amide bonds. The van der Waals surface area contributed by atoms with Crippen LogP contribution >= 0.6 is 0 Å². The van der Waals surface area contributed by atoms with Crippen LogP contribution in [0.2, 0.25) is 0 Å². The van der Waals surface area contributed by atoms with E-state index in [9.17, 15) is 9.59 Å². The monoisotopic (exact) mass is 435 g/mol. The molecule has 1 N–H and O–H groups in total. The van der Waals surface area contributed by atoms with Crippen LogP contribution in [-0.2, 0) is 13.0 Å². The largest absolute Gasteiger partial charge is 0.497 e. The Balaban J connectivity index is 1.78. The van der Waals surface area contributed by atoms with Crippen LogP contribution in [0.25, 0.3) is 5.78 Å². The lowest BCUT2D eigenvalue weighted by atomic mass is 10.1. The summed E-state index contributed by atoms with van der Waals surface area (Å²) in [5.41, 5.74) is 1.92. The number of carbonyl (C=O) groups is 1. The molecule has 4 rings (SSSR count).